The van der Waals surface area contributed by atoms with Crippen molar-refractivity contribution in [3.8, 4) is 0 Å². The molecule has 2 saturated heterocycles. The molecule has 4 heterocycles. The summed E-state index contributed by atoms with van der Waals surface area (Å²) in [4.78, 5) is 53.5. The molecule has 0 bridgehead atoms. The van der Waals surface area contributed by atoms with E-state index in [9.17, 15) is 14.4 Å². The number of nitrogens with zero attached hydrogens (tertiary/aromatic N) is 6. The van der Waals surface area contributed by atoms with Crippen LogP contribution in [-0.2, 0) is 4.79 Å². The highest BCUT2D eigenvalue weighted by atomic mass is 16.2. The van der Waals surface area contributed by atoms with Gasteiger partial charge in [-0.2, -0.15) is 0 Å². The number of aryl methyl sites for hydroxylation is 3. The molecule has 0 unspecified atom stereocenters. The summed E-state index contributed by atoms with van der Waals surface area (Å²) in [5.41, 5.74) is 2.77. The van der Waals surface area contributed by atoms with Crippen molar-refractivity contribution in [1.82, 2.24) is 19.8 Å². The Labute approximate surface area is 194 Å². The first-order valence-electron chi connectivity index (χ1n) is 11.1. The molecule has 174 valence electrons. The molecule has 2 aliphatic rings. The van der Waals surface area contributed by atoms with E-state index in [0.717, 1.165) is 22.0 Å². The van der Waals surface area contributed by atoms with E-state index in [-0.39, 0.29) is 11.8 Å². The van der Waals surface area contributed by atoms with Gasteiger partial charge in [-0.05, 0) is 57.9 Å². The number of pyridine rings is 2. The Hall–Kier alpha value is -3.49. The molecule has 2 fully saturated rings. The van der Waals surface area contributed by atoms with Crippen LogP contribution in [0.2, 0.25) is 0 Å². The van der Waals surface area contributed by atoms with E-state index in [1.807, 2.05) is 11.8 Å². The van der Waals surface area contributed by atoms with Gasteiger partial charge in [0.05, 0.1) is 5.56 Å². The van der Waals surface area contributed by atoms with Crippen LogP contribution in [0, 0.1) is 20.8 Å². The van der Waals surface area contributed by atoms with Gasteiger partial charge in [0.15, 0.2) is 0 Å². The summed E-state index contributed by atoms with van der Waals surface area (Å²) in [6, 6.07) is 5.01. The maximum atomic E-state index is 13.0. The van der Waals surface area contributed by atoms with Crippen LogP contribution >= 0.6 is 0 Å². The Morgan fingerprint density at radius 1 is 1.00 bits per heavy atom. The zero-order valence-corrected chi connectivity index (χ0v) is 20.0. The molecule has 4 rings (SSSR count). The lowest BCUT2D eigenvalue weighted by atomic mass is 10.0. The minimum atomic E-state index is -1.03. The number of rotatable bonds is 3. The predicted octanol–water partition coefficient (Wildman–Crippen LogP) is 2.54. The Morgan fingerprint density at radius 3 is 2.21 bits per heavy atom. The first-order valence-corrected chi connectivity index (χ1v) is 11.1. The van der Waals surface area contributed by atoms with E-state index in [4.69, 9.17) is 4.98 Å². The zero-order chi connectivity index (χ0) is 24.1. The van der Waals surface area contributed by atoms with E-state index < -0.39 is 11.6 Å². The van der Waals surface area contributed by atoms with Gasteiger partial charge in [-0.1, -0.05) is 6.07 Å². The average molecular weight is 451 g/mol. The fourth-order valence-electron chi connectivity index (χ4n) is 4.46. The van der Waals surface area contributed by atoms with E-state index in [1.165, 1.54) is 23.7 Å². The first kappa shape index (κ1) is 22.7. The number of hydrogen-bond acceptors (Lipinski definition) is 6. The molecule has 0 spiro atoms. The maximum absolute atomic E-state index is 13.0. The molecule has 0 aliphatic carbocycles. The molecule has 9 heteroatoms. The number of likely N-dealkylation sites (N-methyl/N-ethyl adjacent to an activating group) is 1. The lowest BCUT2D eigenvalue weighted by Crippen LogP contribution is -2.49. The number of piperazine rings is 1. The van der Waals surface area contributed by atoms with E-state index in [0.29, 0.717) is 37.6 Å². The van der Waals surface area contributed by atoms with Crippen LogP contribution in [-0.4, -0.2) is 76.4 Å². The second-order valence-corrected chi connectivity index (χ2v) is 9.26. The topological polar surface area (TPSA) is 90.0 Å². The van der Waals surface area contributed by atoms with Crippen LogP contribution in [0.1, 0.15) is 41.0 Å². The lowest BCUT2D eigenvalue weighted by Gasteiger charge is -2.36. The van der Waals surface area contributed by atoms with Crippen molar-refractivity contribution in [1.29, 1.82) is 0 Å². The van der Waals surface area contributed by atoms with E-state index in [2.05, 4.69) is 29.8 Å². The van der Waals surface area contributed by atoms with Gasteiger partial charge in [0.25, 0.3) is 11.8 Å². The van der Waals surface area contributed by atoms with Crippen molar-refractivity contribution in [2.24, 2.45) is 0 Å². The fourth-order valence-corrected chi connectivity index (χ4v) is 4.46. The first-order chi connectivity index (χ1) is 15.5. The van der Waals surface area contributed by atoms with Crippen molar-refractivity contribution < 1.29 is 14.4 Å². The van der Waals surface area contributed by atoms with Crippen molar-refractivity contribution in [3.63, 3.8) is 0 Å². The van der Waals surface area contributed by atoms with Crippen LogP contribution < -0.4 is 9.80 Å². The van der Waals surface area contributed by atoms with Crippen LogP contribution in [0.25, 0.3) is 0 Å². The van der Waals surface area contributed by atoms with Crippen LogP contribution in [0.3, 0.4) is 0 Å². The Kier molecular flexibility index (Phi) is 5.59. The number of imide groups is 1. The summed E-state index contributed by atoms with van der Waals surface area (Å²) in [6.45, 7) is 12.1. The van der Waals surface area contributed by atoms with Crippen molar-refractivity contribution in [3.05, 3.63) is 46.8 Å². The summed E-state index contributed by atoms with van der Waals surface area (Å²) >= 11 is 0. The Balaban J connectivity index is 1.44. The highest BCUT2D eigenvalue weighted by Gasteiger charge is 2.51. The SMILES string of the molecule is Cc1cc(C)c(N2CCN(C(=O)c3ccc(N4C(=O)N(C)C(=O)C4(C)C)nc3)CC2)nc1C. The number of anilines is 2. The highest BCUT2D eigenvalue weighted by molar-refractivity contribution is 6.15. The van der Waals surface area contributed by atoms with Gasteiger partial charge < -0.3 is 9.80 Å². The van der Waals surface area contributed by atoms with Crippen molar-refractivity contribution in [2.45, 2.75) is 40.2 Å². The maximum Gasteiger partial charge on any atom is 0.333 e. The van der Waals surface area contributed by atoms with Gasteiger partial charge in [0, 0.05) is 45.1 Å². The molecule has 2 aliphatic heterocycles. The number of amides is 4. The molecule has 0 radical (unpaired) electrons. The Bertz CT molecular complexity index is 1120. The van der Waals surface area contributed by atoms with Gasteiger partial charge in [0.2, 0.25) is 0 Å². The number of urea groups is 1. The van der Waals surface area contributed by atoms with E-state index >= 15 is 0 Å². The third-order valence-corrected chi connectivity index (χ3v) is 6.59. The number of aromatic nitrogens is 2. The third kappa shape index (κ3) is 3.81. The lowest BCUT2D eigenvalue weighted by molar-refractivity contribution is -0.128. The summed E-state index contributed by atoms with van der Waals surface area (Å²) in [7, 11) is 1.46. The molecule has 33 heavy (non-hydrogen) atoms. The van der Waals surface area contributed by atoms with E-state index in [1.54, 1.807) is 26.0 Å². The zero-order valence-electron chi connectivity index (χ0n) is 20.0. The van der Waals surface area contributed by atoms with Crippen molar-refractivity contribution >= 4 is 29.5 Å². The molecule has 0 N–H and O–H groups in total. The molecule has 0 atom stereocenters. The standard InChI is InChI=1S/C24H30N6O3/c1-15-13-16(2)20(26-17(15)3)28-9-11-29(12-10-28)21(31)18-7-8-19(25-14-18)30-23(33)27(6)22(32)24(30,4)5/h7-8,13-14H,9-12H2,1-6H3. The van der Waals surface area contributed by atoms with Crippen LogP contribution in [0.15, 0.2) is 24.4 Å². The van der Waals surface area contributed by atoms with Gasteiger partial charge in [-0.3, -0.25) is 19.4 Å². The largest absolute Gasteiger partial charge is 0.353 e. The smallest absolute Gasteiger partial charge is 0.333 e. The summed E-state index contributed by atoms with van der Waals surface area (Å²) in [5, 5.41) is 0. The van der Waals surface area contributed by atoms with Crippen LogP contribution in [0.5, 0.6) is 0 Å². The average Bonchev–Trinajstić information content (AvgIpc) is 2.95. The predicted molar refractivity (Wildman–Crippen MR) is 126 cm³/mol. The monoisotopic (exact) mass is 450 g/mol. The van der Waals surface area contributed by atoms with Crippen molar-refractivity contribution in [2.75, 3.05) is 43.0 Å². The third-order valence-electron chi connectivity index (χ3n) is 6.59. The minimum Gasteiger partial charge on any atom is -0.353 e. The van der Waals surface area contributed by atoms with Crippen LogP contribution in [0.4, 0.5) is 16.4 Å². The molecule has 0 aromatic carbocycles. The number of carbonyl (C=O) groups excluding carboxylic acids is 3. The normalized spacial score (nSPS) is 18.4. The highest BCUT2D eigenvalue weighted by Crippen LogP contribution is 2.31. The minimum absolute atomic E-state index is 0.0985. The Morgan fingerprint density at radius 2 is 1.67 bits per heavy atom. The quantitative estimate of drug-likeness (QED) is 0.668. The molecular weight excluding hydrogens is 420 g/mol. The van der Waals surface area contributed by atoms with Gasteiger partial charge in [-0.25, -0.2) is 14.8 Å². The second-order valence-electron chi connectivity index (χ2n) is 9.26. The van der Waals surface area contributed by atoms with Gasteiger partial charge in [-0.15, -0.1) is 0 Å². The number of carbonyl (C=O) groups is 3. The molecular formula is C24H30N6O3. The van der Waals surface area contributed by atoms with Gasteiger partial charge >= 0.3 is 6.03 Å². The molecule has 9 nitrogen and oxygen atoms in total. The molecule has 2 aromatic heterocycles. The fraction of sp³-hybridized carbons (Fsp3) is 0.458. The van der Waals surface area contributed by atoms with Gasteiger partial charge in [0.1, 0.15) is 17.2 Å². The summed E-state index contributed by atoms with van der Waals surface area (Å²) in [6.07, 6.45) is 1.48. The summed E-state index contributed by atoms with van der Waals surface area (Å²) < 4.78 is 0. The number of hydrogen-bond donors (Lipinski definition) is 0. The summed E-state index contributed by atoms with van der Waals surface area (Å²) in [5.74, 6) is 0.938. The molecule has 2 aromatic rings. The molecule has 4 amide bonds. The molecule has 0 saturated carbocycles. The second kappa shape index (κ2) is 8.13.